The lowest BCUT2D eigenvalue weighted by Gasteiger charge is -2.39. The van der Waals surface area contributed by atoms with E-state index in [0.717, 1.165) is 6.42 Å². The molecule has 1 aliphatic carbocycles. The van der Waals surface area contributed by atoms with Crippen molar-refractivity contribution in [3.63, 3.8) is 0 Å². The van der Waals surface area contributed by atoms with E-state index in [4.69, 9.17) is 16.3 Å². The van der Waals surface area contributed by atoms with Crippen molar-refractivity contribution in [3.8, 4) is 0 Å². The Morgan fingerprint density at radius 2 is 2.12 bits per heavy atom. The minimum Gasteiger partial charge on any atom is -0.464 e. The van der Waals surface area contributed by atoms with Crippen LogP contribution >= 0.6 is 11.6 Å². The third-order valence-corrected chi connectivity index (χ3v) is 4.03. The highest BCUT2D eigenvalue weighted by Crippen LogP contribution is 2.43. The Morgan fingerprint density at radius 3 is 2.59 bits per heavy atom. The van der Waals surface area contributed by atoms with Gasteiger partial charge in [-0.05, 0) is 31.1 Å². The maximum atomic E-state index is 11.9. The summed E-state index contributed by atoms with van der Waals surface area (Å²) in [5.74, 6) is -0.513. The van der Waals surface area contributed by atoms with Crippen LogP contribution in [0.1, 0.15) is 47.0 Å². The van der Waals surface area contributed by atoms with Crippen molar-refractivity contribution in [2.75, 3.05) is 6.61 Å². The lowest BCUT2D eigenvalue weighted by Crippen LogP contribution is -2.49. The van der Waals surface area contributed by atoms with Gasteiger partial charge in [0, 0.05) is 6.42 Å². The molecule has 17 heavy (non-hydrogen) atoms. The molecular weight excluding hydrogens is 240 g/mol. The SMILES string of the molecule is CCOC(=O)[C@@]1(Cl)C[C@@H](C(C)(C)C)CCC1=O. The zero-order valence-electron chi connectivity index (χ0n) is 11.0. The first-order chi connectivity index (χ1) is 7.71. The quantitative estimate of drug-likeness (QED) is 0.436. The normalized spacial score (nSPS) is 30.2. The van der Waals surface area contributed by atoms with Crippen LogP contribution in [0.15, 0.2) is 0 Å². The first-order valence-corrected chi connectivity index (χ1v) is 6.49. The Morgan fingerprint density at radius 1 is 1.53 bits per heavy atom. The summed E-state index contributed by atoms with van der Waals surface area (Å²) < 4.78 is 4.92. The number of ether oxygens (including phenoxy) is 1. The standard InChI is InChI=1S/C13H21ClO3/c1-5-17-11(16)13(14)8-9(12(2,3)4)6-7-10(13)15/h9H,5-8H2,1-4H3/t9-,13+/m0/s1. The van der Waals surface area contributed by atoms with Crippen molar-refractivity contribution in [1.29, 1.82) is 0 Å². The molecule has 0 radical (unpaired) electrons. The van der Waals surface area contributed by atoms with Crippen molar-refractivity contribution in [2.45, 2.75) is 51.8 Å². The Balaban J connectivity index is 2.89. The van der Waals surface area contributed by atoms with Gasteiger partial charge in [0.1, 0.15) is 0 Å². The van der Waals surface area contributed by atoms with Gasteiger partial charge in [0.25, 0.3) is 0 Å². The molecule has 0 N–H and O–H groups in total. The molecule has 0 bridgehead atoms. The van der Waals surface area contributed by atoms with Crippen LogP contribution in [0.2, 0.25) is 0 Å². The molecule has 1 aliphatic rings. The average molecular weight is 261 g/mol. The number of hydrogen-bond donors (Lipinski definition) is 0. The van der Waals surface area contributed by atoms with Crippen LogP contribution in [0.5, 0.6) is 0 Å². The van der Waals surface area contributed by atoms with E-state index >= 15 is 0 Å². The van der Waals surface area contributed by atoms with Gasteiger partial charge < -0.3 is 4.74 Å². The molecule has 3 nitrogen and oxygen atoms in total. The predicted molar refractivity (Wildman–Crippen MR) is 67.0 cm³/mol. The van der Waals surface area contributed by atoms with Crippen LogP contribution in [0.25, 0.3) is 0 Å². The molecule has 2 atom stereocenters. The number of ketones is 1. The van der Waals surface area contributed by atoms with E-state index in [-0.39, 0.29) is 23.7 Å². The molecule has 0 saturated heterocycles. The van der Waals surface area contributed by atoms with E-state index in [1.807, 2.05) is 0 Å². The number of carbonyl (C=O) groups is 2. The smallest absolute Gasteiger partial charge is 0.334 e. The predicted octanol–water partition coefficient (Wildman–Crippen LogP) is 2.94. The van der Waals surface area contributed by atoms with Gasteiger partial charge >= 0.3 is 5.97 Å². The molecule has 0 aliphatic heterocycles. The summed E-state index contributed by atoms with van der Waals surface area (Å²) in [4.78, 5) is 22.2. The van der Waals surface area contributed by atoms with Gasteiger partial charge in [-0.15, -0.1) is 0 Å². The molecule has 0 heterocycles. The third kappa shape index (κ3) is 3.01. The van der Waals surface area contributed by atoms with E-state index in [0.29, 0.717) is 12.8 Å². The van der Waals surface area contributed by atoms with Gasteiger partial charge in [-0.25, -0.2) is 4.79 Å². The molecule has 1 rings (SSSR count). The molecule has 0 unspecified atom stereocenters. The van der Waals surface area contributed by atoms with E-state index in [2.05, 4.69) is 20.8 Å². The molecule has 0 amide bonds. The number of hydrogen-bond acceptors (Lipinski definition) is 3. The van der Waals surface area contributed by atoms with Crippen LogP contribution in [0.4, 0.5) is 0 Å². The van der Waals surface area contributed by atoms with Gasteiger partial charge in [-0.1, -0.05) is 32.4 Å². The second kappa shape index (κ2) is 4.97. The second-order valence-electron chi connectivity index (χ2n) is 5.75. The third-order valence-electron chi connectivity index (χ3n) is 3.51. The zero-order valence-corrected chi connectivity index (χ0v) is 11.8. The zero-order chi connectivity index (χ0) is 13.3. The Bertz CT molecular complexity index is 319. The van der Waals surface area contributed by atoms with Gasteiger partial charge in [0.05, 0.1) is 6.61 Å². The monoisotopic (exact) mass is 260 g/mol. The minimum atomic E-state index is -1.45. The maximum absolute atomic E-state index is 11.9. The topological polar surface area (TPSA) is 43.4 Å². The maximum Gasteiger partial charge on any atom is 0.334 e. The molecule has 4 heteroatoms. The van der Waals surface area contributed by atoms with Crippen LogP contribution in [-0.2, 0) is 14.3 Å². The Kier molecular flexibility index (Phi) is 4.23. The fourth-order valence-corrected chi connectivity index (χ4v) is 2.58. The Labute approximate surface area is 108 Å². The van der Waals surface area contributed by atoms with Gasteiger partial charge in [0.2, 0.25) is 0 Å². The number of Topliss-reactive ketones (excluding diaryl/α,β-unsaturated/α-hetero) is 1. The average Bonchev–Trinajstić information content (AvgIpc) is 2.21. The van der Waals surface area contributed by atoms with E-state index < -0.39 is 10.8 Å². The first kappa shape index (κ1) is 14.5. The number of rotatable bonds is 2. The van der Waals surface area contributed by atoms with Crippen LogP contribution in [0.3, 0.4) is 0 Å². The number of alkyl halides is 1. The summed E-state index contributed by atoms with van der Waals surface area (Å²) in [6.45, 7) is 8.29. The van der Waals surface area contributed by atoms with E-state index in [1.54, 1.807) is 6.92 Å². The summed E-state index contributed by atoms with van der Waals surface area (Å²) in [6.07, 6.45) is 1.55. The summed E-state index contributed by atoms with van der Waals surface area (Å²) >= 11 is 6.23. The lowest BCUT2D eigenvalue weighted by molar-refractivity contribution is -0.152. The summed E-state index contributed by atoms with van der Waals surface area (Å²) in [5.41, 5.74) is 0.0489. The molecular formula is C13H21ClO3. The molecule has 98 valence electrons. The van der Waals surface area contributed by atoms with Gasteiger partial charge in [-0.2, -0.15) is 0 Å². The second-order valence-corrected chi connectivity index (χ2v) is 6.40. The number of esters is 1. The minimum absolute atomic E-state index is 0.0489. The molecule has 1 saturated carbocycles. The van der Waals surface area contributed by atoms with E-state index in [9.17, 15) is 9.59 Å². The largest absolute Gasteiger partial charge is 0.464 e. The van der Waals surface area contributed by atoms with Crippen molar-refractivity contribution >= 4 is 23.4 Å². The lowest BCUT2D eigenvalue weighted by atomic mass is 9.68. The molecule has 0 aromatic heterocycles. The van der Waals surface area contributed by atoms with Crippen LogP contribution in [-0.4, -0.2) is 23.2 Å². The number of halogens is 1. The van der Waals surface area contributed by atoms with Crippen LogP contribution < -0.4 is 0 Å². The van der Waals surface area contributed by atoms with Crippen molar-refractivity contribution in [2.24, 2.45) is 11.3 Å². The van der Waals surface area contributed by atoms with Crippen LogP contribution in [0, 0.1) is 11.3 Å². The summed E-state index contributed by atoms with van der Waals surface area (Å²) in [5, 5.41) is 0. The highest BCUT2D eigenvalue weighted by molar-refractivity contribution is 6.45. The molecule has 0 aromatic rings. The molecule has 0 spiro atoms. The van der Waals surface area contributed by atoms with Crippen molar-refractivity contribution in [3.05, 3.63) is 0 Å². The fraction of sp³-hybridized carbons (Fsp3) is 0.846. The fourth-order valence-electron chi connectivity index (χ4n) is 2.24. The highest BCUT2D eigenvalue weighted by Gasteiger charge is 2.51. The van der Waals surface area contributed by atoms with Gasteiger partial charge in [0.15, 0.2) is 10.7 Å². The van der Waals surface area contributed by atoms with Crippen molar-refractivity contribution < 1.29 is 14.3 Å². The highest BCUT2D eigenvalue weighted by atomic mass is 35.5. The molecule has 1 fully saturated rings. The van der Waals surface area contributed by atoms with Crippen molar-refractivity contribution in [1.82, 2.24) is 0 Å². The first-order valence-electron chi connectivity index (χ1n) is 6.11. The summed E-state index contributed by atoms with van der Waals surface area (Å²) in [7, 11) is 0. The summed E-state index contributed by atoms with van der Waals surface area (Å²) in [6, 6.07) is 0. The Hall–Kier alpha value is -0.570. The van der Waals surface area contributed by atoms with E-state index in [1.165, 1.54) is 0 Å². The molecule has 0 aromatic carbocycles. The van der Waals surface area contributed by atoms with Gasteiger partial charge in [-0.3, -0.25) is 4.79 Å². The number of carbonyl (C=O) groups excluding carboxylic acids is 2.